The van der Waals surface area contributed by atoms with Gasteiger partial charge in [0, 0.05) is 42.8 Å². The third-order valence-corrected chi connectivity index (χ3v) is 7.03. The summed E-state index contributed by atoms with van der Waals surface area (Å²) in [6.07, 6.45) is 0. The standard InChI is InChI=1S/C30H41FN2O4/c1-19-16-33(20(2)15-32(19)17-21-9-11-23(31)12-10-21)26(34)18-37-27-24(29(3,4)5)13-22(28(35)36)14-25(27)30(6,7)8/h9-14,19-20H,15-18H2,1-8H3,(H,35,36)/t19-,20+/m1/s1. The predicted molar refractivity (Wildman–Crippen MR) is 144 cm³/mol. The molecule has 2 aromatic rings. The molecule has 0 bridgehead atoms. The van der Waals surface area contributed by atoms with Crippen LogP contribution in [0.1, 0.15) is 82.4 Å². The van der Waals surface area contributed by atoms with Gasteiger partial charge in [-0.2, -0.15) is 0 Å². The summed E-state index contributed by atoms with van der Waals surface area (Å²) in [5.74, 6) is -0.737. The third-order valence-electron chi connectivity index (χ3n) is 7.03. The summed E-state index contributed by atoms with van der Waals surface area (Å²) in [7, 11) is 0. The number of carboxylic acid groups (broad SMARTS) is 1. The zero-order valence-electron chi connectivity index (χ0n) is 23.4. The van der Waals surface area contributed by atoms with Gasteiger partial charge >= 0.3 is 5.97 Å². The molecule has 0 saturated carbocycles. The summed E-state index contributed by atoms with van der Waals surface area (Å²) >= 11 is 0. The Morgan fingerprint density at radius 3 is 1.97 bits per heavy atom. The topological polar surface area (TPSA) is 70.1 Å². The van der Waals surface area contributed by atoms with Gasteiger partial charge in [0.1, 0.15) is 11.6 Å². The van der Waals surface area contributed by atoms with Crippen LogP contribution in [0.5, 0.6) is 5.75 Å². The van der Waals surface area contributed by atoms with E-state index in [2.05, 4.69) is 11.8 Å². The van der Waals surface area contributed by atoms with E-state index in [0.717, 1.165) is 16.7 Å². The average molecular weight is 513 g/mol. The highest BCUT2D eigenvalue weighted by atomic mass is 19.1. The second-order valence-electron chi connectivity index (χ2n) is 12.3. The number of rotatable bonds is 6. The molecule has 1 N–H and O–H groups in total. The van der Waals surface area contributed by atoms with Crippen molar-refractivity contribution in [2.45, 2.75) is 84.8 Å². The van der Waals surface area contributed by atoms with Gasteiger partial charge in [-0.25, -0.2) is 9.18 Å². The molecule has 202 valence electrons. The number of amides is 1. The summed E-state index contributed by atoms with van der Waals surface area (Å²) < 4.78 is 19.5. The molecule has 37 heavy (non-hydrogen) atoms. The number of aromatic carboxylic acids is 1. The van der Waals surface area contributed by atoms with E-state index < -0.39 is 5.97 Å². The molecule has 7 heteroatoms. The average Bonchev–Trinajstić information content (AvgIpc) is 2.79. The molecular formula is C30H41FN2O4. The Hall–Kier alpha value is -2.93. The molecule has 1 heterocycles. The third kappa shape index (κ3) is 6.89. The van der Waals surface area contributed by atoms with Crippen LogP contribution < -0.4 is 4.74 Å². The number of nitrogens with zero attached hydrogens (tertiary/aromatic N) is 2. The van der Waals surface area contributed by atoms with Crippen LogP contribution in [-0.4, -0.2) is 58.6 Å². The van der Waals surface area contributed by atoms with Gasteiger partial charge in [0.15, 0.2) is 6.61 Å². The van der Waals surface area contributed by atoms with Gasteiger partial charge in [-0.1, -0.05) is 53.7 Å². The van der Waals surface area contributed by atoms with E-state index in [4.69, 9.17) is 4.74 Å². The van der Waals surface area contributed by atoms with Gasteiger partial charge in [-0.05, 0) is 54.5 Å². The summed E-state index contributed by atoms with van der Waals surface area (Å²) in [5, 5.41) is 9.70. The number of halogens is 1. The van der Waals surface area contributed by atoms with Crippen LogP contribution in [0.4, 0.5) is 4.39 Å². The number of hydrogen-bond donors (Lipinski definition) is 1. The largest absolute Gasteiger partial charge is 0.483 e. The quantitative estimate of drug-likeness (QED) is 0.544. The Labute approximate surface area is 220 Å². The first-order valence-electron chi connectivity index (χ1n) is 12.9. The van der Waals surface area contributed by atoms with E-state index in [-0.39, 0.29) is 46.8 Å². The lowest BCUT2D eigenvalue weighted by Crippen LogP contribution is -2.58. The van der Waals surface area contributed by atoms with Gasteiger partial charge in [0.05, 0.1) is 5.56 Å². The maximum atomic E-state index is 13.4. The van der Waals surface area contributed by atoms with E-state index in [0.29, 0.717) is 25.4 Å². The highest BCUT2D eigenvalue weighted by Crippen LogP contribution is 2.41. The fourth-order valence-electron chi connectivity index (χ4n) is 4.83. The lowest BCUT2D eigenvalue weighted by Gasteiger charge is -2.44. The van der Waals surface area contributed by atoms with E-state index in [1.807, 2.05) is 53.4 Å². The summed E-state index contributed by atoms with van der Waals surface area (Å²) in [6, 6.07) is 10.00. The highest BCUT2D eigenvalue weighted by Gasteiger charge is 2.34. The molecule has 0 aliphatic carbocycles. The molecule has 3 rings (SSSR count). The predicted octanol–water partition coefficient (Wildman–Crippen LogP) is 5.62. The van der Waals surface area contributed by atoms with Crippen LogP contribution in [0.15, 0.2) is 36.4 Å². The van der Waals surface area contributed by atoms with E-state index >= 15 is 0 Å². The number of piperazine rings is 1. The molecule has 0 unspecified atom stereocenters. The summed E-state index contributed by atoms with van der Waals surface area (Å²) in [4.78, 5) is 29.4. The van der Waals surface area contributed by atoms with Crippen molar-refractivity contribution in [1.29, 1.82) is 0 Å². The summed E-state index contributed by atoms with van der Waals surface area (Å²) in [5.41, 5.74) is 2.05. The molecule has 1 aliphatic heterocycles. The molecule has 0 radical (unpaired) electrons. The SMILES string of the molecule is C[C@@H]1CN(C(=O)COc2c(C(C)(C)C)cc(C(=O)O)cc2C(C)(C)C)[C@@H](C)CN1Cc1ccc(F)cc1. The lowest BCUT2D eigenvalue weighted by atomic mass is 9.78. The molecular weight excluding hydrogens is 471 g/mol. The molecule has 1 fully saturated rings. The van der Waals surface area contributed by atoms with Crippen LogP contribution >= 0.6 is 0 Å². The van der Waals surface area contributed by atoms with E-state index in [1.165, 1.54) is 12.1 Å². The maximum Gasteiger partial charge on any atom is 0.335 e. The molecule has 1 saturated heterocycles. The Morgan fingerprint density at radius 2 is 1.49 bits per heavy atom. The Kier molecular flexibility index (Phi) is 8.37. The Balaban J connectivity index is 1.78. The fourth-order valence-corrected chi connectivity index (χ4v) is 4.83. The van der Waals surface area contributed by atoms with Crippen LogP contribution in [-0.2, 0) is 22.2 Å². The molecule has 1 amide bonds. The van der Waals surface area contributed by atoms with Gasteiger partial charge in [0.2, 0.25) is 0 Å². The van der Waals surface area contributed by atoms with E-state index in [9.17, 15) is 19.1 Å². The van der Waals surface area contributed by atoms with Crippen molar-refractivity contribution in [3.05, 3.63) is 64.5 Å². The highest BCUT2D eigenvalue weighted by molar-refractivity contribution is 5.89. The second-order valence-corrected chi connectivity index (χ2v) is 12.3. The minimum atomic E-state index is -0.986. The molecule has 1 aliphatic rings. The van der Waals surface area contributed by atoms with Crippen LogP contribution in [0, 0.1) is 5.82 Å². The van der Waals surface area contributed by atoms with Gasteiger partial charge in [-0.15, -0.1) is 0 Å². The number of carbonyl (C=O) groups is 2. The number of ether oxygens (including phenoxy) is 1. The minimum absolute atomic E-state index is 0.00805. The molecule has 2 aromatic carbocycles. The van der Waals surface area contributed by atoms with Crippen LogP contribution in [0.3, 0.4) is 0 Å². The van der Waals surface area contributed by atoms with Gasteiger partial charge in [0.25, 0.3) is 5.91 Å². The van der Waals surface area contributed by atoms with E-state index in [1.54, 1.807) is 24.3 Å². The first-order chi connectivity index (χ1) is 17.1. The molecule has 0 aromatic heterocycles. The van der Waals surface area contributed by atoms with Crippen LogP contribution in [0.2, 0.25) is 0 Å². The first kappa shape index (κ1) is 28.6. The monoisotopic (exact) mass is 512 g/mol. The van der Waals surface area contributed by atoms with Crippen molar-refractivity contribution < 1.29 is 23.8 Å². The molecule has 0 spiro atoms. The number of benzene rings is 2. The zero-order chi connectivity index (χ0) is 27.7. The smallest absolute Gasteiger partial charge is 0.335 e. The van der Waals surface area contributed by atoms with Gasteiger partial charge < -0.3 is 14.7 Å². The van der Waals surface area contributed by atoms with Crippen LogP contribution in [0.25, 0.3) is 0 Å². The zero-order valence-corrected chi connectivity index (χ0v) is 23.4. The Morgan fingerprint density at radius 1 is 0.946 bits per heavy atom. The van der Waals surface area contributed by atoms with Crippen molar-refractivity contribution in [2.75, 3.05) is 19.7 Å². The lowest BCUT2D eigenvalue weighted by molar-refractivity contribution is -0.139. The Bertz CT molecular complexity index is 1100. The second kappa shape index (κ2) is 10.8. The van der Waals surface area contributed by atoms with Crippen molar-refractivity contribution in [3.8, 4) is 5.75 Å². The summed E-state index contributed by atoms with van der Waals surface area (Å²) in [6.45, 7) is 18.1. The van der Waals surface area contributed by atoms with Crippen molar-refractivity contribution >= 4 is 11.9 Å². The number of carboxylic acids is 1. The minimum Gasteiger partial charge on any atom is -0.483 e. The fraction of sp³-hybridized carbons (Fsp3) is 0.533. The van der Waals surface area contributed by atoms with Crippen molar-refractivity contribution in [2.24, 2.45) is 0 Å². The maximum absolute atomic E-state index is 13.4. The molecule has 6 nitrogen and oxygen atoms in total. The van der Waals surface area contributed by atoms with Gasteiger partial charge in [-0.3, -0.25) is 9.69 Å². The van der Waals surface area contributed by atoms with Crippen molar-refractivity contribution in [3.63, 3.8) is 0 Å². The first-order valence-corrected chi connectivity index (χ1v) is 12.9. The molecule has 2 atom stereocenters. The number of hydrogen-bond acceptors (Lipinski definition) is 4. The normalized spacial score (nSPS) is 19.1. The number of carbonyl (C=O) groups excluding carboxylic acids is 1. The van der Waals surface area contributed by atoms with Crippen molar-refractivity contribution in [1.82, 2.24) is 9.80 Å².